The molecule has 3 aliphatic carbocycles. The first-order chi connectivity index (χ1) is 40.9. The number of nitrogens with zero attached hydrogens (tertiary/aromatic N) is 10. The van der Waals surface area contributed by atoms with Gasteiger partial charge in [-0.25, -0.2) is 15.0 Å². The minimum absolute atomic E-state index is 0. The maximum Gasteiger partial charge on any atom is 0.224 e. The monoisotopic (exact) mass is 1170 g/mol. The van der Waals surface area contributed by atoms with Crippen molar-refractivity contribution >= 4 is 58.3 Å². The van der Waals surface area contributed by atoms with Gasteiger partial charge in [0.2, 0.25) is 23.8 Å². The van der Waals surface area contributed by atoms with Crippen LogP contribution in [0, 0.1) is 50.2 Å². The Morgan fingerprint density at radius 1 is 0.605 bits per heavy atom. The van der Waals surface area contributed by atoms with E-state index in [1.165, 1.54) is 42.3 Å². The molecule has 6 atom stereocenters. The van der Waals surface area contributed by atoms with Crippen LogP contribution in [0.15, 0.2) is 98.0 Å². The first kappa shape index (κ1) is 64.4. The zero-order chi connectivity index (χ0) is 62.3. The molecule has 86 heavy (non-hydrogen) atoms. The Morgan fingerprint density at radius 2 is 0.977 bits per heavy atom. The maximum absolute atomic E-state index is 11.1. The third-order valence-corrected chi connectivity index (χ3v) is 16.7. The summed E-state index contributed by atoms with van der Waals surface area (Å²) in [5.41, 5.74) is 7.83. The summed E-state index contributed by atoms with van der Waals surface area (Å²) in [7, 11) is 5.90. The second-order valence-corrected chi connectivity index (χ2v) is 23.9. The highest BCUT2D eigenvalue weighted by Crippen LogP contribution is 2.44. The highest BCUT2D eigenvalue weighted by Gasteiger charge is 2.49. The van der Waals surface area contributed by atoms with E-state index in [4.69, 9.17) is 0 Å². The van der Waals surface area contributed by atoms with Crippen LogP contribution in [0.25, 0.3) is 5.70 Å². The van der Waals surface area contributed by atoms with E-state index in [-0.39, 0.29) is 62.9 Å². The molecule has 0 saturated heterocycles. The van der Waals surface area contributed by atoms with Crippen molar-refractivity contribution in [1.29, 1.82) is 15.8 Å². The zero-order valence-electron chi connectivity index (χ0n) is 50.9. The molecule has 458 valence electrons. The van der Waals surface area contributed by atoms with Gasteiger partial charge in [-0.1, -0.05) is 90.6 Å². The van der Waals surface area contributed by atoms with Crippen molar-refractivity contribution in [2.45, 2.75) is 123 Å². The molecule has 22 heteroatoms. The van der Waals surface area contributed by atoms with Gasteiger partial charge in [0, 0.05) is 103 Å². The average molecular weight is 1170 g/mol. The Kier molecular flexibility index (Phi) is 21.4. The van der Waals surface area contributed by atoms with Crippen LogP contribution in [0.4, 0.5) is 46.7 Å². The normalized spacial score (nSPS) is 19.7. The van der Waals surface area contributed by atoms with Crippen molar-refractivity contribution < 1.29 is 24.4 Å². The Labute approximate surface area is 509 Å². The summed E-state index contributed by atoms with van der Waals surface area (Å²) in [6.45, 7) is 19.4. The SMILES string of the molecule is C=C(NC)c1cccc(CCNc2ncc(C#N)c(N[C@@H]3C[C@H](O)C3(C)C)n2)c1.CC(=O)Nc1ccc(CCNc2ncc(C#N)c(N[C@@H]3C[C@H](O)C3(C)C)n2)cc1.CN(C)c1ccc(CCNc2ncc(C#N)c(N[C@@H]3C[C@H](O)C3(C)C)n2)cc1.[HH].[HH].[HH]. The van der Waals surface area contributed by atoms with Crippen LogP contribution in [0.3, 0.4) is 0 Å². The zero-order valence-corrected chi connectivity index (χ0v) is 50.9. The van der Waals surface area contributed by atoms with Crippen LogP contribution in [-0.2, 0) is 24.1 Å². The van der Waals surface area contributed by atoms with Crippen molar-refractivity contribution in [2.24, 2.45) is 16.2 Å². The number of amides is 1. The first-order valence-electron chi connectivity index (χ1n) is 28.9. The molecule has 6 aromatic rings. The number of nitriles is 3. The smallest absolute Gasteiger partial charge is 0.224 e. The van der Waals surface area contributed by atoms with E-state index in [1.54, 1.807) is 0 Å². The van der Waals surface area contributed by atoms with Crippen LogP contribution in [0.2, 0.25) is 0 Å². The molecule has 1 amide bonds. The van der Waals surface area contributed by atoms with Crippen LogP contribution in [0.5, 0.6) is 0 Å². The number of benzene rings is 3. The molecule has 11 N–H and O–H groups in total. The van der Waals surface area contributed by atoms with Gasteiger partial charge in [-0.05, 0) is 91.1 Å². The van der Waals surface area contributed by atoms with Gasteiger partial charge in [0.05, 0.1) is 36.9 Å². The Morgan fingerprint density at radius 3 is 1.30 bits per heavy atom. The van der Waals surface area contributed by atoms with Gasteiger partial charge < -0.3 is 62.8 Å². The number of rotatable bonds is 22. The standard InChI is InChI=1S/C22H28N6O.C21H26N6O2.C21H28N6O.3H2/c1-14(24-4)16-7-5-6-15(10-16)8-9-25-21-26-13-17(12-23)20(28-21)27-18-11-19(29)22(18,2)3;1-13(28)25-16-6-4-14(5-7-16)8-9-23-20-24-12-15(11-22)19(27-20)26-17-10-18(29)21(17,2)3;1-21(2)17(11-18(21)28)25-19-15(12-22)13-24-20(26-19)23-10-9-14-5-7-16(8-6-14)27(3)4;;;/h5-7,10,13,18-19,24,29H,1,8-9,11H2,2-4H3,(H2,25,26,27,28);4-7,12,17-18,29H,8-10H2,1-3H3,(H,25,28)(H2,23,24,26,27);5-8,13,17-18,28H,9-11H2,1-4H3,(H2,23,24,25,26);3*1H/t18-,19+;2*17-,18+;;;/m111.../s1. The number of anilines is 8. The molecule has 0 bridgehead atoms. The summed E-state index contributed by atoms with van der Waals surface area (Å²) in [6, 6.07) is 30.9. The number of hydrogen-bond donors (Lipinski definition) is 11. The molecule has 0 unspecified atom stereocenters. The predicted octanol–water partition coefficient (Wildman–Crippen LogP) is 8.68. The molecular formula is C64H88N18O4. The lowest BCUT2D eigenvalue weighted by Gasteiger charge is -2.49. The number of aliphatic hydroxyl groups is 3. The molecule has 3 heterocycles. The third kappa shape index (κ3) is 16.4. The van der Waals surface area contributed by atoms with Crippen LogP contribution >= 0.6 is 0 Å². The molecule has 22 nitrogen and oxygen atoms in total. The fourth-order valence-electron chi connectivity index (χ4n) is 9.85. The molecule has 3 aromatic carbocycles. The second-order valence-electron chi connectivity index (χ2n) is 23.9. The van der Waals surface area contributed by atoms with Gasteiger partial charge in [0.1, 0.15) is 52.4 Å². The molecule has 9 rings (SSSR count). The summed E-state index contributed by atoms with van der Waals surface area (Å²) in [6.07, 6.45) is 7.83. The lowest BCUT2D eigenvalue weighted by molar-refractivity contribution is -0.114. The molecule has 3 aliphatic rings. The number of carbonyl (C=O) groups excluding carboxylic acids is 1. The molecule has 0 radical (unpaired) electrons. The van der Waals surface area contributed by atoms with Crippen molar-refractivity contribution in [3.63, 3.8) is 0 Å². The van der Waals surface area contributed by atoms with Crippen molar-refractivity contribution in [2.75, 3.05) is 82.9 Å². The van der Waals surface area contributed by atoms with Crippen LogP contribution in [-0.4, -0.2) is 128 Å². The summed E-state index contributed by atoms with van der Waals surface area (Å²) in [5, 5.41) is 83.1. The molecule has 3 fully saturated rings. The fourth-order valence-corrected chi connectivity index (χ4v) is 9.85. The van der Waals surface area contributed by atoms with E-state index in [9.17, 15) is 35.9 Å². The van der Waals surface area contributed by atoms with Gasteiger partial charge in [-0.2, -0.15) is 30.7 Å². The van der Waals surface area contributed by atoms with Crippen molar-refractivity contribution in [3.8, 4) is 18.2 Å². The Balaban J connectivity index is 0.000000281. The van der Waals surface area contributed by atoms with Crippen LogP contribution in [0.1, 0.15) is 111 Å². The molecule has 0 spiro atoms. The number of aromatic nitrogens is 6. The van der Waals surface area contributed by atoms with Gasteiger partial charge >= 0.3 is 0 Å². The van der Waals surface area contributed by atoms with Gasteiger partial charge in [0.15, 0.2) is 0 Å². The number of aliphatic hydroxyl groups excluding tert-OH is 3. The molecular weight excluding hydrogens is 1080 g/mol. The van der Waals surface area contributed by atoms with Gasteiger partial charge in [0.25, 0.3) is 0 Å². The second kappa shape index (κ2) is 28.6. The predicted molar refractivity (Wildman–Crippen MR) is 345 cm³/mol. The van der Waals surface area contributed by atoms with E-state index >= 15 is 0 Å². The largest absolute Gasteiger partial charge is 0.392 e. The topological polar surface area (TPSA) is 326 Å². The number of carbonyl (C=O) groups is 1. The Bertz CT molecular complexity index is 3440. The highest BCUT2D eigenvalue weighted by atomic mass is 16.3. The van der Waals surface area contributed by atoms with E-state index < -0.39 is 0 Å². The fraction of sp³-hybridized carbons (Fsp3) is 0.438. The van der Waals surface area contributed by atoms with E-state index in [1.807, 2.05) is 99.1 Å². The lowest BCUT2D eigenvalue weighted by atomic mass is 9.64. The molecule has 3 aromatic heterocycles. The lowest BCUT2D eigenvalue weighted by Crippen LogP contribution is -2.57. The quantitative estimate of drug-likeness (QED) is 0.0303. The first-order valence-corrected chi connectivity index (χ1v) is 28.9. The average Bonchev–Trinajstić information content (AvgIpc) is 1.16. The van der Waals surface area contributed by atoms with Crippen molar-refractivity contribution in [1.82, 2.24) is 35.2 Å². The van der Waals surface area contributed by atoms with E-state index in [0.717, 1.165) is 41.8 Å². The summed E-state index contributed by atoms with van der Waals surface area (Å²) >= 11 is 0. The van der Waals surface area contributed by atoms with Gasteiger partial charge in [-0.15, -0.1) is 0 Å². The highest BCUT2D eigenvalue weighted by molar-refractivity contribution is 5.88. The van der Waals surface area contributed by atoms with E-state index in [2.05, 4.69) is 139 Å². The van der Waals surface area contributed by atoms with E-state index in [0.29, 0.717) is 90.9 Å². The molecule has 0 aliphatic heterocycles. The summed E-state index contributed by atoms with van der Waals surface area (Å²) in [5.74, 6) is 2.81. The minimum atomic E-state index is -0.359. The number of nitrogens with one attached hydrogen (secondary N) is 8. The molecule has 3 saturated carbocycles. The summed E-state index contributed by atoms with van der Waals surface area (Å²) in [4.78, 5) is 39.2. The maximum atomic E-state index is 11.1. The van der Waals surface area contributed by atoms with Crippen LogP contribution < -0.4 is 47.4 Å². The number of hydrogen-bond acceptors (Lipinski definition) is 21. The van der Waals surface area contributed by atoms with Gasteiger partial charge in [-0.3, -0.25) is 4.79 Å². The Hall–Kier alpha value is -9.14. The summed E-state index contributed by atoms with van der Waals surface area (Å²) < 4.78 is 0. The minimum Gasteiger partial charge on any atom is -0.392 e. The third-order valence-electron chi connectivity index (χ3n) is 16.7. The van der Waals surface area contributed by atoms with Crippen molar-refractivity contribution in [3.05, 3.63) is 137 Å².